The number of rotatable bonds is 7. The van der Waals surface area contributed by atoms with Gasteiger partial charge in [-0.25, -0.2) is 4.68 Å². The molecule has 1 heterocycles. The summed E-state index contributed by atoms with van der Waals surface area (Å²) in [5.41, 5.74) is 3.69. The van der Waals surface area contributed by atoms with Crippen molar-refractivity contribution in [3.8, 4) is 23.1 Å². The van der Waals surface area contributed by atoms with E-state index in [0.717, 1.165) is 41.8 Å². The first-order valence-corrected chi connectivity index (χ1v) is 10.6. The molecule has 1 aromatic heterocycles. The Bertz CT molecular complexity index is 1040. The zero-order valence-corrected chi connectivity index (χ0v) is 17.8. The molecule has 0 spiro atoms. The molecule has 1 saturated carbocycles. The summed E-state index contributed by atoms with van der Waals surface area (Å²) in [7, 11) is 0. The molecule has 1 amide bonds. The molecule has 0 unspecified atom stereocenters. The van der Waals surface area contributed by atoms with Crippen LogP contribution >= 0.6 is 0 Å². The van der Waals surface area contributed by atoms with Crippen LogP contribution < -0.4 is 10.1 Å². The Balaban J connectivity index is 1.69. The lowest BCUT2D eigenvalue weighted by Crippen LogP contribution is -2.28. The topological polar surface area (TPSA) is 69.0 Å². The van der Waals surface area contributed by atoms with E-state index in [0.29, 0.717) is 24.4 Å². The van der Waals surface area contributed by atoms with E-state index in [1.165, 1.54) is 0 Å². The van der Waals surface area contributed by atoms with Gasteiger partial charge in [-0.1, -0.05) is 50.6 Å². The quantitative estimate of drug-likeness (QED) is 0.601. The lowest BCUT2D eigenvalue weighted by Gasteiger charge is -2.24. The summed E-state index contributed by atoms with van der Waals surface area (Å²) in [6.45, 7) is 6.79. The van der Waals surface area contributed by atoms with Crippen LogP contribution in [0.3, 0.4) is 0 Å². The molecule has 6 heteroatoms. The van der Waals surface area contributed by atoms with Gasteiger partial charge in [0, 0.05) is 17.2 Å². The van der Waals surface area contributed by atoms with Gasteiger partial charge in [0.15, 0.2) is 5.82 Å². The summed E-state index contributed by atoms with van der Waals surface area (Å²) >= 11 is 0. The fraction of sp³-hybridized carbons (Fsp3) is 0.375. The minimum Gasteiger partial charge on any atom is -0.462 e. The summed E-state index contributed by atoms with van der Waals surface area (Å²) in [5, 5.41) is 7.66. The van der Waals surface area contributed by atoms with E-state index in [1.54, 1.807) is 4.68 Å². The maximum absolute atomic E-state index is 12.4. The average molecular weight is 405 g/mol. The van der Waals surface area contributed by atoms with Crippen molar-refractivity contribution in [1.29, 1.82) is 0 Å². The number of carbonyl (C=O) groups is 1. The van der Waals surface area contributed by atoms with Crippen molar-refractivity contribution in [1.82, 2.24) is 14.8 Å². The lowest BCUT2D eigenvalue weighted by atomic mass is 9.85. The number of amides is 1. The van der Waals surface area contributed by atoms with Gasteiger partial charge in [0.2, 0.25) is 5.91 Å². The van der Waals surface area contributed by atoms with Gasteiger partial charge in [0.1, 0.15) is 0 Å². The molecule has 156 valence electrons. The number of aryl methyl sites for hydroxylation is 1. The average Bonchev–Trinajstić information content (AvgIpc) is 3.09. The zero-order valence-electron chi connectivity index (χ0n) is 17.8. The third-order valence-electron chi connectivity index (χ3n) is 5.35. The van der Waals surface area contributed by atoms with E-state index < -0.39 is 0 Å². The van der Waals surface area contributed by atoms with Crippen LogP contribution in [0.25, 0.3) is 17.1 Å². The molecule has 1 aliphatic rings. The summed E-state index contributed by atoms with van der Waals surface area (Å²) in [6.07, 6.45) is 3.08. The molecule has 2 aromatic carbocycles. The Morgan fingerprint density at radius 3 is 2.70 bits per heavy atom. The van der Waals surface area contributed by atoms with Gasteiger partial charge in [-0.15, -0.1) is 5.10 Å². The number of aromatic nitrogens is 3. The van der Waals surface area contributed by atoms with E-state index in [-0.39, 0.29) is 11.8 Å². The van der Waals surface area contributed by atoms with E-state index >= 15 is 0 Å². The second-order valence-electron chi connectivity index (χ2n) is 8.32. The van der Waals surface area contributed by atoms with Gasteiger partial charge in [-0.2, -0.15) is 4.98 Å². The minimum atomic E-state index is 0.0945. The number of ether oxygens (including phenoxy) is 1. The highest BCUT2D eigenvalue weighted by Crippen LogP contribution is 2.29. The van der Waals surface area contributed by atoms with E-state index in [2.05, 4.69) is 42.2 Å². The van der Waals surface area contributed by atoms with Crippen LogP contribution in [-0.2, 0) is 4.79 Å². The molecule has 4 rings (SSSR count). The van der Waals surface area contributed by atoms with Gasteiger partial charge < -0.3 is 10.1 Å². The van der Waals surface area contributed by atoms with Crippen LogP contribution in [-0.4, -0.2) is 27.3 Å². The second-order valence-corrected chi connectivity index (χ2v) is 8.32. The van der Waals surface area contributed by atoms with Crippen LogP contribution in [0.2, 0.25) is 0 Å². The first kappa shape index (κ1) is 20.1. The predicted molar refractivity (Wildman–Crippen MR) is 118 cm³/mol. The highest BCUT2D eigenvalue weighted by molar-refractivity contribution is 5.93. The molecular formula is C24H28N4O2. The van der Waals surface area contributed by atoms with Crippen LogP contribution in [0.5, 0.6) is 6.01 Å². The van der Waals surface area contributed by atoms with Crippen LogP contribution in [0.1, 0.15) is 38.7 Å². The van der Waals surface area contributed by atoms with Crippen LogP contribution in [0, 0.1) is 18.8 Å². The van der Waals surface area contributed by atoms with Crippen molar-refractivity contribution < 1.29 is 9.53 Å². The van der Waals surface area contributed by atoms with Crippen molar-refractivity contribution in [2.45, 2.75) is 40.0 Å². The van der Waals surface area contributed by atoms with Gasteiger partial charge in [0.25, 0.3) is 0 Å². The molecule has 1 N–H and O–H groups in total. The Morgan fingerprint density at radius 2 is 2.00 bits per heavy atom. The van der Waals surface area contributed by atoms with Crippen molar-refractivity contribution >= 4 is 11.6 Å². The molecule has 0 radical (unpaired) electrons. The monoisotopic (exact) mass is 404 g/mol. The molecule has 30 heavy (non-hydrogen) atoms. The molecule has 0 bridgehead atoms. The minimum absolute atomic E-state index is 0.0945. The maximum Gasteiger partial charge on any atom is 0.336 e. The fourth-order valence-corrected chi connectivity index (χ4v) is 3.40. The highest BCUT2D eigenvalue weighted by Gasteiger charge is 2.25. The van der Waals surface area contributed by atoms with E-state index in [1.807, 2.05) is 42.5 Å². The molecule has 0 aliphatic heterocycles. The number of nitrogens with zero attached hydrogens (tertiary/aromatic N) is 3. The smallest absolute Gasteiger partial charge is 0.336 e. The Labute approximate surface area is 177 Å². The standard InChI is InChI=1S/C24H28N4O2/c1-16(2)15-30-24-26-22(21-13-5-4-8-17(21)3)28(27-24)20-12-7-11-19(14-20)25-23(29)18-9-6-10-18/h4-5,7-8,11-14,16,18H,6,9-10,15H2,1-3H3,(H,25,29). The largest absolute Gasteiger partial charge is 0.462 e. The normalized spacial score (nSPS) is 13.9. The molecule has 0 atom stereocenters. The SMILES string of the molecule is Cc1ccccc1-c1nc(OCC(C)C)nn1-c1cccc(NC(=O)C2CCC2)c1. The maximum atomic E-state index is 12.4. The number of carbonyl (C=O) groups excluding carboxylic acids is 1. The van der Waals surface area contributed by atoms with Gasteiger partial charge in [0.05, 0.1) is 12.3 Å². The van der Waals surface area contributed by atoms with Crippen LogP contribution in [0.15, 0.2) is 48.5 Å². The number of hydrogen-bond donors (Lipinski definition) is 1. The molecule has 0 saturated heterocycles. The third-order valence-corrected chi connectivity index (χ3v) is 5.35. The van der Waals surface area contributed by atoms with Crippen molar-refractivity contribution in [3.63, 3.8) is 0 Å². The van der Waals surface area contributed by atoms with Crippen molar-refractivity contribution in [2.24, 2.45) is 11.8 Å². The summed E-state index contributed by atoms with van der Waals surface area (Å²) in [6, 6.07) is 16.1. The first-order valence-electron chi connectivity index (χ1n) is 10.6. The predicted octanol–water partition coefficient (Wildman–Crippen LogP) is 5.02. The third kappa shape index (κ3) is 4.37. The van der Waals surface area contributed by atoms with Crippen LogP contribution in [0.4, 0.5) is 5.69 Å². The Morgan fingerprint density at radius 1 is 1.20 bits per heavy atom. The van der Waals surface area contributed by atoms with E-state index in [4.69, 9.17) is 4.74 Å². The lowest BCUT2D eigenvalue weighted by molar-refractivity contribution is -0.122. The number of anilines is 1. The summed E-state index contributed by atoms with van der Waals surface area (Å²) in [5.74, 6) is 1.33. The molecule has 1 fully saturated rings. The number of hydrogen-bond acceptors (Lipinski definition) is 4. The summed E-state index contributed by atoms with van der Waals surface area (Å²) < 4.78 is 7.60. The summed E-state index contributed by atoms with van der Waals surface area (Å²) in [4.78, 5) is 17.0. The Kier molecular flexibility index (Phi) is 5.84. The van der Waals surface area contributed by atoms with Crippen molar-refractivity contribution in [2.75, 3.05) is 11.9 Å². The van der Waals surface area contributed by atoms with Gasteiger partial charge in [-0.05, 0) is 49.4 Å². The fourth-order valence-electron chi connectivity index (χ4n) is 3.40. The zero-order chi connectivity index (χ0) is 21.1. The first-order chi connectivity index (χ1) is 14.5. The number of benzene rings is 2. The Hall–Kier alpha value is -3.15. The molecule has 3 aromatic rings. The molecule has 1 aliphatic carbocycles. The van der Waals surface area contributed by atoms with Gasteiger partial charge in [-0.3, -0.25) is 4.79 Å². The second kappa shape index (κ2) is 8.69. The number of nitrogens with one attached hydrogen (secondary N) is 1. The molecular weight excluding hydrogens is 376 g/mol. The van der Waals surface area contributed by atoms with Crippen molar-refractivity contribution in [3.05, 3.63) is 54.1 Å². The van der Waals surface area contributed by atoms with Gasteiger partial charge >= 0.3 is 6.01 Å². The molecule has 6 nitrogen and oxygen atoms in total. The van der Waals surface area contributed by atoms with E-state index in [9.17, 15) is 4.79 Å². The highest BCUT2D eigenvalue weighted by atomic mass is 16.5.